The molecular formula is C28H47N2O5+. The normalized spacial score (nSPS) is 18.2. The molecule has 2 aliphatic rings. The maximum absolute atomic E-state index is 12.0. The third-order valence-corrected chi connectivity index (χ3v) is 6.76. The van der Waals surface area contributed by atoms with E-state index in [-0.39, 0.29) is 13.2 Å². The summed E-state index contributed by atoms with van der Waals surface area (Å²) in [5.41, 5.74) is 0.352. The molecule has 1 aromatic carbocycles. The van der Waals surface area contributed by atoms with Gasteiger partial charge in [-0.25, -0.2) is 9.59 Å². The summed E-state index contributed by atoms with van der Waals surface area (Å²) in [4.78, 5) is 24.3. The van der Waals surface area contributed by atoms with Crippen LogP contribution in [0.5, 0.6) is 0 Å². The molecule has 7 heteroatoms. The molecule has 0 aromatic heterocycles. The minimum atomic E-state index is -1.14. The largest absolute Gasteiger partial charge is 0.480 e. The van der Waals surface area contributed by atoms with Crippen molar-refractivity contribution in [2.75, 3.05) is 13.7 Å². The van der Waals surface area contributed by atoms with Gasteiger partial charge in [0.1, 0.15) is 6.61 Å². The number of carbonyl (C=O) groups excluding carboxylic acids is 1. The average molecular weight is 492 g/mol. The summed E-state index contributed by atoms with van der Waals surface area (Å²) in [5.74, 6) is -1.14. The van der Waals surface area contributed by atoms with Gasteiger partial charge >= 0.3 is 12.1 Å². The highest BCUT2D eigenvalue weighted by Crippen LogP contribution is 2.18. The Labute approximate surface area is 211 Å². The van der Waals surface area contributed by atoms with Crippen molar-refractivity contribution < 1.29 is 29.5 Å². The number of nitrogens with two attached hydrogens (primary N) is 1. The molecule has 198 valence electrons. The number of amides is 1. The second-order valence-electron chi connectivity index (χ2n) is 10.9. The number of benzene rings is 1. The zero-order chi connectivity index (χ0) is 25.7. The highest BCUT2D eigenvalue weighted by atomic mass is 16.6. The quantitative estimate of drug-likeness (QED) is 0.548. The number of rotatable bonds is 8. The van der Waals surface area contributed by atoms with Crippen LogP contribution in [0.3, 0.4) is 0 Å². The third kappa shape index (κ3) is 11.9. The molecule has 0 heterocycles. The summed E-state index contributed by atoms with van der Waals surface area (Å²) in [6.07, 6.45) is 14.3. The molecule has 0 unspecified atom stereocenters. The fourth-order valence-corrected chi connectivity index (χ4v) is 4.66. The molecule has 2 aliphatic carbocycles. The number of ether oxygens (including phenoxy) is 2. The second kappa shape index (κ2) is 15.1. The van der Waals surface area contributed by atoms with Gasteiger partial charge in [0.15, 0.2) is 6.04 Å². The van der Waals surface area contributed by atoms with Crippen LogP contribution in [0, 0.1) is 0 Å². The highest BCUT2D eigenvalue weighted by Gasteiger charge is 2.29. The van der Waals surface area contributed by atoms with E-state index in [2.05, 4.69) is 5.32 Å². The first-order valence-corrected chi connectivity index (χ1v) is 13.3. The SMILES string of the molecule is C1CCC([NH2+]C2CCCCC2)CC1.CN(C(=O)OCc1ccccc1)[C@H](COC(C)(C)C)C(=O)O. The summed E-state index contributed by atoms with van der Waals surface area (Å²) in [6, 6.07) is 10.1. The zero-order valence-electron chi connectivity index (χ0n) is 22.2. The first-order chi connectivity index (χ1) is 16.7. The Bertz CT molecular complexity index is 721. The van der Waals surface area contributed by atoms with Gasteiger partial charge in [-0.3, -0.25) is 4.90 Å². The molecule has 3 N–H and O–H groups in total. The van der Waals surface area contributed by atoms with Crippen molar-refractivity contribution in [1.82, 2.24) is 4.90 Å². The summed E-state index contributed by atoms with van der Waals surface area (Å²) >= 11 is 0. The van der Waals surface area contributed by atoms with E-state index in [1.807, 2.05) is 51.1 Å². The predicted molar refractivity (Wildman–Crippen MR) is 137 cm³/mol. The Morgan fingerprint density at radius 2 is 1.49 bits per heavy atom. The second-order valence-corrected chi connectivity index (χ2v) is 10.9. The molecule has 3 rings (SSSR count). The van der Waals surface area contributed by atoms with Gasteiger partial charge in [0.05, 0.1) is 24.3 Å². The smallest absolute Gasteiger partial charge is 0.410 e. The van der Waals surface area contributed by atoms with Gasteiger partial charge in [-0.15, -0.1) is 0 Å². The number of carboxylic acids is 1. The number of aliphatic carboxylic acids is 1. The number of quaternary nitrogens is 1. The molecule has 2 fully saturated rings. The zero-order valence-corrected chi connectivity index (χ0v) is 22.2. The average Bonchev–Trinajstić information content (AvgIpc) is 2.84. The van der Waals surface area contributed by atoms with E-state index in [0.29, 0.717) is 0 Å². The van der Waals surface area contributed by atoms with Crippen LogP contribution in [-0.2, 0) is 20.9 Å². The fraction of sp³-hybridized carbons (Fsp3) is 0.714. The van der Waals surface area contributed by atoms with E-state index in [4.69, 9.17) is 9.47 Å². The molecule has 1 aromatic rings. The van der Waals surface area contributed by atoms with E-state index in [1.165, 1.54) is 71.3 Å². The maximum atomic E-state index is 12.0. The molecule has 0 saturated heterocycles. The lowest BCUT2D eigenvalue weighted by atomic mass is 9.91. The van der Waals surface area contributed by atoms with Crippen molar-refractivity contribution >= 4 is 12.1 Å². The predicted octanol–water partition coefficient (Wildman–Crippen LogP) is 4.74. The molecule has 0 radical (unpaired) electrons. The van der Waals surface area contributed by atoms with Gasteiger partial charge in [0.25, 0.3) is 0 Å². The lowest BCUT2D eigenvalue weighted by Gasteiger charge is -2.27. The van der Waals surface area contributed by atoms with Crippen LogP contribution in [0.15, 0.2) is 30.3 Å². The minimum absolute atomic E-state index is 0.0937. The molecule has 35 heavy (non-hydrogen) atoms. The number of hydrogen-bond acceptors (Lipinski definition) is 4. The number of nitrogens with zero attached hydrogens (tertiary/aromatic N) is 1. The number of carbonyl (C=O) groups is 2. The summed E-state index contributed by atoms with van der Waals surface area (Å²) in [7, 11) is 1.39. The molecule has 0 aliphatic heterocycles. The number of likely N-dealkylation sites (N-methyl/N-ethyl adjacent to an activating group) is 1. The number of carboxylic acid groups (broad SMARTS) is 1. The monoisotopic (exact) mass is 491 g/mol. The fourth-order valence-electron chi connectivity index (χ4n) is 4.66. The van der Waals surface area contributed by atoms with E-state index in [9.17, 15) is 14.7 Å². The van der Waals surface area contributed by atoms with Gasteiger partial charge in [-0.2, -0.15) is 0 Å². The van der Waals surface area contributed by atoms with Gasteiger partial charge in [0, 0.05) is 7.05 Å². The Kier molecular flexibility index (Phi) is 12.6. The molecule has 0 bridgehead atoms. The Morgan fingerprint density at radius 3 is 1.94 bits per heavy atom. The topological polar surface area (TPSA) is 92.7 Å². The van der Waals surface area contributed by atoms with Crippen LogP contribution in [0.25, 0.3) is 0 Å². The maximum Gasteiger partial charge on any atom is 0.410 e. The van der Waals surface area contributed by atoms with Crippen LogP contribution in [0.1, 0.15) is 90.5 Å². The van der Waals surface area contributed by atoms with Crippen LogP contribution in [0.4, 0.5) is 4.79 Å². The summed E-state index contributed by atoms with van der Waals surface area (Å²) in [6.45, 7) is 5.45. The van der Waals surface area contributed by atoms with E-state index < -0.39 is 23.7 Å². The van der Waals surface area contributed by atoms with Crippen molar-refractivity contribution in [3.05, 3.63) is 35.9 Å². The highest BCUT2D eigenvalue weighted by molar-refractivity contribution is 5.80. The first-order valence-electron chi connectivity index (χ1n) is 13.3. The van der Waals surface area contributed by atoms with Crippen molar-refractivity contribution in [1.29, 1.82) is 0 Å². The van der Waals surface area contributed by atoms with Crippen molar-refractivity contribution in [2.24, 2.45) is 0 Å². The van der Waals surface area contributed by atoms with E-state index >= 15 is 0 Å². The lowest BCUT2D eigenvalue weighted by molar-refractivity contribution is -0.725. The van der Waals surface area contributed by atoms with Gasteiger partial charge in [-0.05, 0) is 77.7 Å². The van der Waals surface area contributed by atoms with Gasteiger partial charge in [0.2, 0.25) is 0 Å². The van der Waals surface area contributed by atoms with Crippen LogP contribution in [0.2, 0.25) is 0 Å². The van der Waals surface area contributed by atoms with Crippen LogP contribution < -0.4 is 5.32 Å². The molecular weight excluding hydrogens is 444 g/mol. The third-order valence-electron chi connectivity index (χ3n) is 6.76. The standard InChI is InChI=1S/C16H23NO5.C12H23N/c1-16(2,3)22-11-13(14(18)19)17(4)15(20)21-10-12-8-6-5-7-9-12;1-3-7-11(8-4-1)13-12-9-5-2-6-10-12/h5-9,13H,10-11H2,1-4H3,(H,18,19);11-13H,1-10H2/p+1/t13-;/m1./s1. The Hall–Kier alpha value is -2.12. The summed E-state index contributed by atoms with van der Waals surface area (Å²) in [5, 5.41) is 12.0. The number of hydrogen-bond donors (Lipinski definition) is 2. The van der Waals surface area contributed by atoms with Crippen molar-refractivity contribution in [2.45, 2.75) is 115 Å². The van der Waals surface area contributed by atoms with Crippen LogP contribution in [-0.4, -0.2) is 59.5 Å². The van der Waals surface area contributed by atoms with Crippen molar-refractivity contribution in [3.63, 3.8) is 0 Å². The molecule has 2 saturated carbocycles. The Balaban J connectivity index is 0.000000279. The molecule has 7 nitrogen and oxygen atoms in total. The first kappa shape index (κ1) is 29.1. The van der Waals surface area contributed by atoms with E-state index in [1.54, 1.807) is 0 Å². The summed E-state index contributed by atoms with van der Waals surface area (Å²) < 4.78 is 10.6. The lowest BCUT2D eigenvalue weighted by Crippen LogP contribution is -2.95. The molecule has 1 amide bonds. The Morgan fingerprint density at radius 1 is 0.971 bits per heavy atom. The van der Waals surface area contributed by atoms with E-state index in [0.717, 1.165) is 22.5 Å². The molecule has 1 atom stereocenters. The van der Waals surface area contributed by atoms with Gasteiger partial charge < -0.3 is 19.9 Å². The molecule has 0 spiro atoms. The minimum Gasteiger partial charge on any atom is -0.480 e. The van der Waals surface area contributed by atoms with Crippen LogP contribution >= 0.6 is 0 Å². The van der Waals surface area contributed by atoms with Gasteiger partial charge in [-0.1, -0.05) is 43.2 Å². The van der Waals surface area contributed by atoms with Crippen molar-refractivity contribution in [3.8, 4) is 0 Å².